The molecule has 0 saturated carbocycles. The number of nitrogens with one attached hydrogen (secondary N) is 1. The minimum Gasteiger partial charge on any atom is -0.501 e. The zero-order valence-corrected chi connectivity index (χ0v) is 15.2. The second kappa shape index (κ2) is 10.4. The lowest BCUT2D eigenvalue weighted by molar-refractivity contribution is -0.143. The van der Waals surface area contributed by atoms with E-state index in [0.717, 1.165) is 6.21 Å². The lowest BCUT2D eigenvalue weighted by Crippen LogP contribution is -2.18. The number of hydrogen-bond donors (Lipinski definition) is 2. The van der Waals surface area contributed by atoms with Gasteiger partial charge in [-0.3, -0.25) is 0 Å². The summed E-state index contributed by atoms with van der Waals surface area (Å²) in [6.45, 7) is 3.22. The molecule has 1 aromatic rings. The average molecular weight is 385 g/mol. The van der Waals surface area contributed by atoms with Crippen molar-refractivity contribution in [1.82, 2.24) is 0 Å². The predicted octanol–water partition coefficient (Wildman–Crippen LogP) is 3.05. The van der Waals surface area contributed by atoms with Gasteiger partial charge in [0.1, 0.15) is 5.57 Å². The number of thiocarbonyl (C=S) groups is 1. The highest BCUT2D eigenvalue weighted by molar-refractivity contribution is 7.80. The third kappa shape index (κ3) is 6.52. The molecule has 0 saturated heterocycles. The molecule has 0 aliphatic carbocycles. The summed E-state index contributed by atoms with van der Waals surface area (Å²) in [5.74, 6) is -2.91. The van der Waals surface area contributed by atoms with Gasteiger partial charge in [0.15, 0.2) is 5.11 Å². The van der Waals surface area contributed by atoms with E-state index < -0.39 is 23.3 Å². The number of aliphatic hydroxyl groups is 1. The number of anilines is 1. The van der Waals surface area contributed by atoms with Gasteiger partial charge in [-0.2, -0.15) is 0 Å². The van der Waals surface area contributed by atoms with Crippen LogP contribution in [-0.4, -0.2) is 41.6 Å². The largest absolute Gasteiger partial charge is 0.501 e. The van der Waals surface area contributed by atoms with Crippen molar-refractivity contribution < 1.29 is 24.2 Å². The fourth-order valence-electron chi connectivity index (χ4n) is 1.56. The number of nitrogens with zero attached hydrogens (tertiary/aromatic N) is 1. The van der Waals surface area contributed by atoms with Crippen LogP contribution in [0.3, 0.4) is 0 Å². The Kier molecular flexibility index (Phi) is 8.59. The van der Waals surface area contributed by atoms with Crippen molar-refractivity contribution in [2.45, 2.75) is 13.8 Å². The highest BCUT2D eigenvalue weighted by Gasteiger charge is 2.21. The molecule has 134 valence electrons. The van der Waals surface area contributed by atoms with Crippen molar-refractivity contribution in [3.05, 3.63) is 40.6 Å². The van der Waals surface area contributed by atoms with Gasteiger partial charge >= 0.3 is 11.9 Å². The van der Waals surface area contributed by atoms with E-state index in [1.165, 1.54) is 0 Å². The van der Waals surface area contributed by atoms with Gasteiger partial charge in [0.2, 0.25) is 5.76 Å². The maximum absolute atomic E-state index is 11.9. The molecule has 0 fully saturated rings. The van der Waals surface area contributed by atoms with Gasteiger partial charge in [0.05, 0.1) is 23.9 Å². The Bertz CT molecular complexity index is 718. The molecule has 0 radical (unpaired) electrons. The Morgan fingerprint density at radius 3 is 2.44 bits per heavy atom. The summed E-state index contributed by atoms with van der Waals surface area (Å²) in [7, 11) is 0. The van der Waals surface area contributed by atoms with Crippen LogP contribution in [0.1, 0.15) is 13.8 Å². The number of carbonyl (C=O) groups is 2. The maximum Gasteiger partial charge on any atom is 0.374 e. The van der Waals surface area contributed by atoms with Gasteiger partial charge in [0, 0.05) is 6.21 Å². The van der Waals surface area contributed by atoms with E-state index in [1.54, 1.807) is 38.1 Å². The lowest BCUT2D eigenvalue weighted by atomic mass is 10.2. The number of rotatable bonds is 6. The fraction of sp³-hybridized carbons (Fsp3) is 0.250. The van der Waals surface area contributed by atoms with Crippen molar-refractivity contribution in [3.63, 3.8) is 0 Å². The van der Waals surface area contributed by atoms with Crippen LogP contribution in [0.15, 0.2) is 40.6 Å². The maximum atomic E-state index is 11.9. The third-order valence-electron chi connectivity index (χ3n) is 2.65. The first-order valence-corrected chi connectivity index (χ1v) is 8.06. The first-order chi connectivity index (χ1) is 11.9. The normalized spacial score (nSPS) is 11.6. The Morgan fingerprint density at radius 2 is 1.84 bits per heavy atom. The number of ether oxygens (including phenoxy) is 2. The minimum atomic E-state index is -1.07. The molecule has 0 amide bonds. The molecule has 1 aromatic carbocycles. The predicted molar refractivity (Wildman–Crippen MR) is 99.1 cm³/mol. The van der Waals surface area contributed by atoms with Crippen LogP contribution in [0.5, 0.6) is 0 Å². The van der Waals surface area contributed by atoms with E-state index in [0.29, 0.717) is 10.7 Å². The fourth-order valence-corrected chi connectivity index (χ4v) is 1.91. The smallest absolute Gasteiger partial charge is 0.374 e. The summed E-state index contributed by atoms with van der Waals surface area (Å²) >= 11 is 11.0. The second-order valence-electron chi connectivity index (χ2n) is 4.37. The summed E-state index contributed by atoms with van der Waals surface area (Å²) in [6, 6.07) is 6.84. The number of aliphatic hydroxyl groups excluding tert-OH is 1. The molecule has 0 aliphatic heterocycles. The van der Waals surface area contributed by atoms with Gasteiger partial charge in [-0.05, 0) is 38.2 Å². The minimum absolute atomic E-state index is 0.0304. The summed E-state index contributed by atoms with van der Waals surface area (Å²) in [4.78, 5) is 27.3. The number of hydrogen-bond acceptors (Lipinski definition) is 6. The van der Waals surface area contributed by atoms with Gasteiger partial charge in [-0.1, -0.05) is 23.7 Å². The number of aliphatic imine (C=N–C) groups is 1. The molecule has 0 atom stereocenters. The Labute approximate surface area is 155 Å². The van der Waals surface area contributed by atoms with Crippen LogP contribution in [0.4, 0.5) is 5.69 Å². The van der Waals surface area contributed by atoms with Crippen molar-refractivity contribution in [2.75, 3.05) is 18.5 Å². The molecule has 0 spiro atoms. The monoisotopic (exact) mass is 384 g/mol. The van der Waals surface area contributed by atoms with Gasteiger partial charge in [0.25, 0.3) is 0 Å². The van der Waals surface area contributed by atoms with Crippen molar-refractivity contribution in [1.29, 1.82) is 0 Å². The molecule has 0 aliphatic rings. The van der Waals surface area contributed by atoms with Crippen LogP contribution < -0.4 is 5.32 Å². The van der Waals surface area contributed by atoms with E-state index in [2.05, 4.69) is 15.0 Å². The third-order valence-corrected chi connectivity index (χ3v) is 3.18. The molecule has 0 aromatic heterocycles. The number of esters is 2. The van der Waals surface area contributed by atoms with E-state index in [9.17, 15) is 14.7 Å². The molecular formula is C16H17ClN2O5S. The van der Waals surface area contributed by atoms with E-state index in [4.69, 9.17) is 28.6 Å². The number of para-hydroxylation sites is 1. The molecule has 0 unspecified atom stereocenters. The molecule has 2 N–H and O–H groups in total. The highest BCUT2D eigenvalue weighted by atomic mass is 35.5. The van der Waals surface area contributed by atoms with Crippen LogP contribution in [0.25, 0.3) is 0 Å². The van der Waals surface area contributed by atoms with Crippen molar-refractivity contribution in [3.8, 4) is 0 Å². The van der Waals surface area contributed by atoms with E-state index >= 15 is 0 Å². The molecule has 0 bridgehead atoms. The summed E-state index contributed by atoms with van der Waals surface area (Å²) < 4.78 is 9.43. The molecular weight excluding hydrogens is 368 g/mol. The van der Waals surface area contributed by atoms with Gasteiger partial charge in [-0.25, -0.2) is 14.6 Å². The first kappa shape index (κ1) is 20.6. The summed E-state index contributed by atoms with van der Waals surface area (Å²) in [6.07, 6.45) is 0.927. The Morgan fingerprint density at radius 1 is 1.24 bits per heavy atom. The van der Waals surface area contributed by atoms with Gasteiger partial charge < -0.3 is 19.9 Å². The zero-order chi connectivity index (χ0) is 18.8. The number of benzene rings is 1. The zero-order valence-electron chi connectivity index (χ0n) is 13.6. The molecule has 0 heterocycles. The van der Waals surface area contributed by atoms with Gasteiger partial charge in [-0.15, -0.1) is 0 Å². The number of carbonyl (C=O) groups excluding carboxylic acids is 2. The second-order valence-corrected chi connectivity index (χ2v) is 5.17. The Balaban J connectivity index is 3.00. The Hall–Kier alpha value is -2.45. The van der Waals surface area contributed by atoms with Crippen LogP contribution in [0, 0.1) is 0 Å². The van der Waals surface area contributed by atoms with Crippen molar-refractivity contribution in [2.24, 2.45) is 4.99 Å². The van der Waals surface area contributed by atoms with Crippen LogP contribution in [0.2, 0.25) is 5.02 Å². The SMILES string of the molecule is CCOC(=O)/C(O)=C(/C=N/C(=S)Nc1ccccc1Cl)C(=O)OCC. The van der Waals surface area contributed by atoms with Crippen molar-refractivity contribution >= 4 is 52.8 Å². The molecule has 25 heavy (non-hydrogen) atoms. The standard InChI is InChI=1S/C16H17ClN2O5S/c1-3-23-14(21)10(13(20)15(22)24-4-2)9-18-16(25)19-12-8-6-5-7-11(12)17/h5-9,20H,3-4H2,1-2H3,(H,19,25)/b13-10+,18-9+. The van der Waals surface area contributed by atoms with Crippen LogP contribution in [-0.2, 0) is 19.1 Å². The summed E-state index contributed by atoms with van der Waals surface area (Å²) in [5.41, 5.74) is 0.0474. The first-order valence-electron chi connectivity index (χ1n) is 7.27. The average Bonchev–Trinajstić information content (AvgIpc) is 2.57. The van der Waals surface area contributed by atoms with E-state index in [-0.39, 0.29) is 18.3 Å². The quantitative estimate of drug-likeness (QED) is 0.256. The van der Waals surface area contributed by atoms with Crippen LogP contribution >= 0.6 is 23.8 Å². The number of halogens is 1. The topological polar surface area (TPSA) is 97.2 Å². The molecule has 7 nitrogen and oxygen atoms in total. The lowest BCUT2D eigenvalue weighted by Gasteiger charge is -2.07. The molecule has 9 heteroatoms. The summed E-state index contributed by atoms with van der Waals surface area (Å²) in [5, 5.41) is 13.0. The van der Waals surface area contributed by atoms with E-state index in [1.807, 2.05) is 0 Å². The highest BCUT2D eigenvalue weighted by Crippen LogP contribution is 2.20. The molecule has 1 rings (SSSR count).